The summed E-state index contributed by atoms with van der Waals surface area (Å²) in [5, 5.41) is 3.46. The molecule has 0 aliphatic rings. The van der Waals surface area contributed by atoms with Gasteiger partial charge >= 0.3 is 5.97 Å². The summed E-state index contributed by atoms with van der Waals surface area (Å²) in [6, 6.07) is 0. The van der Waals surface area contributed by atoms with Gasteiger partial charge in [0.2, 0.25) is 5.91 Å². The summed E-state index contributed by atoms with van der Waals surface area (Å²) in [5.74, 6) is -0.0810. The first-order valence-corrected chi connectivity index (χ1v) is 7.79. The summed E-state index contributed by atoms with van der Waals surface area (Å²) in [6.07, 6.45) is 1.43. The zero-order chi connectivity index (χ0) is 15.3. The van der Waals surface area contributed by atoms with Crippen molar-refractivity contribution in [2.24, 2.45) is 5.92 Å². The molecular formula is C15H23NO3S. The molecule has 1 unspecified atom stereocenters. The van der Waals surface area contributed by atoms with Gasteiger partial charge < -0.3 is 10.1 Å². The summed E-state index contributed by atoms with van der Waals surface area (Å²) in [6.45, 7) is 10.0. The smallest absolute Gasteiger partial charge is 0.341 e. The second kappa shape index (κ2) is 7.43. The number of nitrogens with one attached hydrogen (secondary N) is 1. The molecule has 1 atom stereocenters. The van der Waals surface area contributed by atoms with E-state index in [1.165, 1.54) is 11.3 Å². The molecule has 1 heterocycles. The number of carbonyl (C=O) groups excluding carboxylic acids is 2. The van der Waals surface area contributed by atoms with Crippen LogP contribution in [0.5, 0.6) is 0 Å². The van der Waals surface area contributed by atoms with Crippen molar-refractivity contribution in [3.63, 3.8) is 0 Å². The number of anilines is 1. The highest BCUT2D eigenvalue weighted by atomic mass is 32.1. The summed E-state index contributed by atoms with van der Waals surface area (Å²) in [4.78, 5) is 25.0. The zero-order valence-electron chi connectivity index (χ0n) is 12.8. The fraction of sp³-hybridized carbons (Fsp3) is 0.600. The predicted molar refractivity (Wildman–Crippen MR) is 82.5 cm³/mol. The van der Waals surface area contributed by atoms with E-state index in [-0.39, 0.29) is 11.9 Å². The van der Waals surface area contributed by atoms with Crippen molar-refractivity contribution in [2.45, 2.75) is 47.5 Å². The van der Waals surface area contributed by atoms with Crippen molar-refractivity contribution >= 4 is 28.2 Å². The third-order valence-electron chi connectivity index (χ3n) is 3.35. The minimum Gasteiger partial charge on any atom is -0.462 e. The van der Waals surface area contributed by atoms with E-state index in [0.717, 1.165) is 16.9 Å². The zero-order valence-corrected chi connectivity index (χ0v) is 13.6. The topological polar surface area (TPSA) is 55.4 Å². The van der Waals surface area contributed by atoms with Gasteiger partial charge in [-0.15, -0.1) is 11.3 Å². The van der Waals surface area contributed by atoms with Crippen LogP contribution in [0, 0.1) is 19.8 Å². The molecule has 1 N–H and O–H groups in total. The third-order valence-corrected chi connectivity index (χ3v) is 4.47. The standard InChI is InChI=1S/C15H23NO3S/c1-6-9(3)8-12(17)16-14-13(15(18)19-7-2)10(4)11(5)20-14/h9H,6-8H2,1-5H3,(H,16,17). The first kappa shape index (κ1) is 16.7. The van der Waals surface area contributed by atoms with Gasteiger partial charge in [0.25, 0.3) is 0 Å². The highest BCUT2D eigenvalue weighted by molar-refractivity contribution is 7.16. The maximum atomic E-state index is 12.0. The average Bonchev–Trinajstić information content (AvgIpc) is 2.64. The molecule has 0 aliphatic heterocycles. The lowest BCUT2D eigenvalue weighted by Gasteiger charge is -2.09. The molecule has 1 aromatic heterocycles. The van der Waals surface area contributed by atoms with Crippen molar-refractivity contribution in [2.75, 3.05) is 11.9 Å². The molecule has 0 bridgehead atoms. The van der Waals surface area contributed by atoms with E-state index < -0.39 is 0 Å². The molecular weight excluding hydrogens is 274 g/mol. The van der Waals surface area contributed by atoms with E-state index in [0.29, 0.717) is 29.5 Å². The van der Waals surface area contributed by atoms with Gasteiger partial charge in [-0.25, -0.2) is 4.79 Å². The Kier molecular flexibility index (Phi) is 6.20. The van der Waals surface area contributed by atoms with Crippen molar-refractivity contribution in [3.8, 4) is 0 Å². The molecule has 0 saturated heterocycles. The minimum absolute atomic E-state index is 0.0499. The molecule has 0 aliphatic carbocycles. The molecule has 4 nitrogen and oxygen atoms in total. The quantitative estimate of drug-likeness (QED) is 0.810. The summed E-state index contributed by atoms with van der Waals surface area (Å²) >= 11 is 1.43. The number of aryl methyl sites for hydroxylation is 1. The molecule has 0 radical (unpaired) electrons. The Balaban J connectivity index is 2.92. The van der Waals surface area contributed by atoms with Crippen LogP contribution in [-0.2, 0) is 9.53 Å². The van der Waals surface area contributed by atoms with Crippen LogP contribution in [0.15, 0.2) is 0 Å². The van der Waals surface area contributed by atoms with Gasteiger partial charge in [0.15, 0.2) is 0 Å². The number of thiophene rings is 1. The van der Waals surface area contributed by atoms with Gasteiger partial charge in [-0.05, 0) is 32.3 Å². The second-order valence-electron chi connectivity index (χ2n) is 4.97. The van der Waals surface area contributed by atoms with Crippen LogP contribution in [0.4, 0.5) is 5.00 Å². The first-order valence-electron chi connectivity index (χ1n) is 6.97. The molecule has 0 aromatic carbocycles. The van der Waals surface area contributed by atoms with E-state index in [1.807, 2.05) is 20.8 Å². The predicted octanol–water partition coefficient (Wildman–Crippen LogP) is 3.92. The van der Waals surface area contributed by atoms with Gasteiger partial charge in [0, 0.05) is 11.3 Å². The van der Waals surface area contributed by atoms with Crippen LogP contribution < -0.4 is 5.32 Å². The fourth-order valence-corrected chi connectivity index (χ4v) is 2.87. The Morgan fingerprint density at radius 2 is 1.95 bits per heavy atom. The normalized spacial score (nSPS) is 12.1. The van der Waals surface area contributed by atoms with E-state index >= 15 is 0 Å². The summed E-state index contributed by atoms with van der Waals surface area (Å²) in [5.41, 5.74) is 1.37. The van der Waals surface area contributed by atoms with Crippen molar-refractivity contribution in [3.05, 3.63) is 16.0 Å². The highest BCUT2D eigenvalue weighted by Gasteiger charge is 2.22. The van der Waals surface area contributed by atoms with Crippen LogP contribution in [0.1, 0.15) is 54.4 Å². The molecule has 20 heavy (non-hydrogen) atoms. The van der Waals surface area contributed by atoms with E-state index in [9.17, 15) is 9.59 Å². The molecule has 0 saturated carbocycles. The molecule has 1 amide bonds. The van der Waals surface area contributed by atoms with Gasteiger partial charge in [0.05, 0.1) is 12.2 Å². The Bertz CT molecular complexity index is 494. The Morgan fingerprint density at radius 1 is 1.30 bits per heavy atom. The van der Waals surface area contributed by atoms with Crippen LogP contribution in [0.3, 0.4) is 0 Å². The fourth-order valence-electron chi connectivity index (χ4n) is 1.80. The SMILES string of the molecule is CCOC(=O)c1c(NC(=O)CC(C)CC)sc(C)c1C. The molecule has 5 heteroatoms. The third kappa shape index (κ3) is 4.07. The average molecular weight is 297 g/mol. The monoisotopic (exact) mass is 297 g/mol. The highest BCUT2D eigenvalue weighted by Crippen LogP contribution is 2.33. The summed E-state index contributed by atoms with van der Waals surface area (Å²) in [7, 11) is 0. The Hall–Kier alpha value is -1.36. The van der Waals surface area contributed by atoms with E-state index in [2.05, 4.69) is 12.2 Å². The molecule has 0 fully saturated rings. The van der Waals surface area contributed by atoms with Gasteiger partial charge in [0.1, 0.15) is 5.00 Å². The van der Waals surface area contributed by atoms with Gasteiger partial charge in [-0.3, -0.25) is 4.79 Å². The number of ether oxygens (including phenoxy) is 1. The van der Waals surface area contributed by atoms with Crippen LogP contribution >= 0.6 is 11.3 Å². The second-order valence-corrected chi connectivity index (χ2v) is 6.20. The number of hydrogen-bond acceptors (Lipinski definition) is 4. The minimum atomic E-state index is -0.367. The Morgan fingerprint density at radius 3 is 2.50 bits per heavy atom. The van der Waals surface area contributed by atoms with Crippen LogP contribution in [-0.4, -0.2) is 18.5 Å². The first-order chi connectivity index (χ1) is 9.40. The lowest BCUT2D eigenvalue weighted by Crippen LogP contribution is -2.16. The summed E-state index contributed by atoms with van der Waals surface area (Å²) < 4.78 is 5.06. The molecule has 112 valence electrons. The Labute approximate surface area is 124 Å². The van der Waals surface area contributed by atoms with Crippen LogP contribution in [0.2, 0.25) is 0 Å². The number of hydrogen-bond donors (Lipinski definition) is 1. The number of carbonyl (C=O) groups is 2. The molecule has 1 aromatic rings. The number of rotatable bonds is 6. The van der Waals surface area contributed by atoms with Gasteiger partial charge in [-0.1, -0.05) is 20.3 Å². The molecule has 1 rings (SSSR count). The lowest BCUT2D eigenvalue weighted by molar-refractivity contribution is -0.116. The number of esters is 1. The van der Waals surface area contributed by atoms with Crippen molar-refractivity contribution in [1.29, 1.82) is 0 Å². The van der Waals surface area contributed by atoms with E-state index in [1.54, 1.807) is 6.92 Å². The maximum Gasteiger partial charge on any atom is 0.341 e. The largest absolute Gasteiger partial charge is 0.462 e. The van der Waals surface area contributed by atoms with Crippen LogP contribution in [0.25, 0.3) is 0 Å². The van der Waals surface area contributed by atoms with Crippen molar-refractivity contribution in [1.82, 2.24) is 0 Å². The van der Waals surface area contributed by atoms with Crippen molar-refractivity contribution < 1.29 is 14.3 Å². The molecule has 0 spiro atoms. The van der Waals surface area contributed by atoms with Gasteiger partial charge in [-0.2, -0.15) is 0 Å². The maximum absolute atomic E-state index is 12.0. The van der Waals surface area contributed by atoms with E-state index in [4.69, 9.17) is 4.74 Å². The lowest BCUT2D eigenvalue weighted by atomic mass is 10.1. The number of amides is 1.